The summed E-state index contributed by atoms with van der Waals surface area (Å²) in [5, 5.41) is 1.81. The van der Waals surface area contributed by atoms with Crippen molar-refractivity contribution in [3.8, 4) is 0 Å². The Hall–Kier alpha value is -2.23. The molecule has 0 saturated carbocycles. The fourth-order valence-corrected chi connectivity index (χ4v) is 1.85. The summed E-state index contributed by atoms with van der Waals surface area (Å²) in [5.74, 6) is -0.358. The van der Waals surface area contributed by atoms with Crippen LogP contribution in [0.1, 0.15) is 0 Å². The van der Waals surface area contributed by atoms with E-state index < -0.39 is 0 Å². The van der Waals surface area contributed by atoms with Gasteiger partial charge in [0.2, 0.25) is 0 Å². The molecule has 3 nitrogen and oxygen atoms in total. The van der Waals surface area contributed by atoms with Gasteiger partial charge in [0, 0.05) is 28.6 Å². The normalized spacial score (nSPS) is 11.1. The van der Waals surface area contributed by atoms with Gasteiger partial charge in [0.15, 0.2) is 0 Å². The van der Waals surface area contributed by atoms with Gasteiger partial charge in [-0.2, -0.15) is 0 Å². The average molecular weight is 214 g/mol. The molecular weight excluding hydrogens is 207 g/mol. The van der Waals surface area contributed by atoms with E-state index in [9.17, 15) is 9.18 Å². The maximum absolute atomic E-state index is 13.2. The Labute approximate surface area is 89.6 Å². The van der Waals surface area contributed by atoms with Gasteiger partial charge in [-0.1, -0.05) is 0 Å². The number of H-pyrrole nitrogens is 1. The van der Waals surface area contributed by atoms with Crippen molar-refractivity contribution >= 4 is 21.7 Å². The van der Waals surface area contributed by atoms with Crippen LogP contribution in [0.25, 0.3) is 21.7 Å². The molecule has 0 aliphatic carbocycles. The topological polar surface area (TPSA) is 45.8 Å². The van der Waals surface area contributed by atoms with E-state index in [-0.39, 0.29) is 11.4 Å². The number of halogens is 1. The van der Waals surface area contributed by atoms with Gasteiger partial charge in [-0.15, -0.1) is 0 Å². The second-order valence-electron chi connectivity index (χ2n) is 3.57. The first-order valence-corrected chi connectivity index (χ1v) is 4.81. The van der Waals surface area contributed by atoms with Gasteiger partial charge in [-0.25, -0.2) is 4.39 Å². The number of fused-ring (bicyclic) bond motifs is 3. The molecule has 78 valence electrons. The first-order valence-electron chi connectivity index (χ1n) is 4.81. The highest BCUT2D eigenvalue weighted by Gasteiger charge is 2.05. The standard InChI is InChI=1S/C12H7FN2O/c13-7-1-2-8-9(5-7)10-6-14-4-3-11(10)15-12(8)16/h1-6H,(H,15,16). The fraction of sp³-hybridized carbons (Fsp3) is 0. The lowest BCUT2D eigenvalue weighted by Gasteiger charge is -2.02. The van der Waals surface area contributed by atoms with E-state index in [2.05, 4.69) is 9.97 Å². The lowest BCUT2D eigenvalue weighted by atomic mass is 10.1. The third-order valence-corrected chi connectivity index (χ3v) is 2.59. The minimum absolute atomic E-state index is 0.214. The largest absolute Gasteiger partial charge is 0.321 e. The predicted octanol–water partition coefficient (Wildman–Crippen LogP) is 2.22. The van der Waals surface area contributed by atoms with Gasteiger partial charge in [0.1, 0.15) is 5.82 Å². The summed E-state index contributed by atoms with van der Waals surface area (Å²) in [4.78, 5) is 18.4. The number of rotatable bonds is 0. The molecule has 0 bridgehead atoms. The Bertz CT molecular complexity index is 749. The second kappa shape index (κ2) is 3.13. The maximum atomic E-state index is 13.2. The highest BCUT2D eigenvalue weighted by molar-refractivity contribution is 6.04. The van der Waals surface area contributed by atoms with E-state index in [0.717, 1.165) is 5.39 Å². The summed E-state index contributed by atoms with van der Waals surface area (Å²) < 4.78 is 13.2. The molecular formula is C12H7FN2O. The van der Waals surface area contributed by atoms with Crippen molar-refractivity contribution in [3.63, 3.8) is 0 Å². The van der Waals surface area contributed by atoms with Crippen molar-refractivity contribution in [1.82, 2.24) is 9.97 Å². The highest BCUT2D eigenvalue weighted by atomic mass is 19.1. The van der Waals surface area contributed by atoms with Crippen LogP contribution in [0.2, 0.25) is 0 Å². The summed E-state index contributed by atoms with van der Waals surface area (Å²) in [7, 11) is 0. The summed E-state index contributed by atoms with van der Waals surface area (Å²) in [6, 6.07) is 5.81. The molecule has 0 saturated heterocycles. The highest BCUT2D eigenvalue weighted by Crippen LogP contribution is 2.20. The van der Waals surface area contributed by atoms with E-state index in [0.29, 0.717) is 16.3 Å². The smallest absolute Gasteiger partial charge is 0.256 e. The van der Waals surface area contributed by atoms with Gasteiger partial charge in [-0.05, 0) is 24.3 Å². The molecule has 0 amide bonds. The fourth-order valence-electron chi connectivity index (χ4n) is 1.85. The molecule has 3 rings (SSSR count). The van der Waals surface area contributed by atoms with Crippen LogP contribution in [0.4, 0.5) is 4.39 Å². The van der Waals surface area contributed by atoms with Crippen molar-refractivity contribution in [1.29, 1.82) is 0 Å². The molecule has 16 heavy (non-hydrogen) atoms. The summed E-state index contributed by atoms with van der Waals surface area (Å²) in [6.45, 7) is 0. The van der Waals surface area contributed by atoms with Crippen LogP contribution >= 0.6 is 0 Å². The van der Waals surface area contributed by atoms with Gasteiger partial charge in [0.25, 0.3) is 5.56 Å². The molecule has 0 aliphatic rings. The molecule has 3 aromatic rings. The van der Waals surface area contributed by atoms with Crippen LogP contribution in [-0.4, -0.2) is 9.97 Å². The van der Waals surface area contributed by atoms with Crippen LogP contribution in [0.5, 0.6) is 0 Å². The Morgan fingerprint density at radius 3 is 2.88 bits per heavy atom. The number of hydrogen-bond acceptors (Lipinski definition) is 2. The van der Waals surface area contributed by atoms with E-state index in [4.69, 9.17) is 0 Å². The quantitative estimate of drug-likeness (QED) is 0.583. The summed E-state index contributed by atoms with van der Waals surface area (Å²) in [5.41, 5.74) is 0.451. The Morgan fingerprint density at radius 2 is 2.00 bits per heavy atom. The SMILES string of the molecule is O=c1[nH]c2ccncc2c2cc(F)ccc12. The molecule has 4 heteroatoms. The second-order valence-corrected chi connectivity index (χ2v) is 3.57. The van der Waals surface area contributed by atoms with Crippen LogP contribution in [0, 0.1) is 5.82 Å². The number of benzene rings is 1. The minimum Gasteiger partial charge on any atom is -0.321 e. The Balaban J connectivity index is 2.67. The van der Waals surface area contributed by atoms with E-state index >= 15 is 0 Å². The van der Waals surface area contributed by atoms with Gasteiger partial charge in [0.05, 0.1) is 5.52 Å². The lowest BCUT2D eigenvalue weighted by molar-refractivity contribution is 0.630. The first kappa shape index (κ1) is 9.03. The van der Waals surface area contributed by atoms with Crippen LogP contribution < -0.4 is 5.56 Å². The number of nitrogens with zero attached hydrogens (tertiary/aromatic N) is 1. The number of aromatic nitrogens is 2. The molecule has 2 aromatic heterocycles. The predicted molar refractivity (Wildman–Crippen MR) is 59.8 cm³/mol. The number of pyridine rings is 2. The third kappa shape index (κ3) is 1.20. The molecule has 0 radical (unpaired) electrons. The molecule has 0 fully saturated rings. The number of aromatic amines is 1. The summed E-state index contributed by atoms with van der Waals surface area (Å²) >= 11 is 0. The van der Waals surface area contributed by atoms with Gasteiger partial charge in [-0.3, -0.25) is 9.78 Å². The average Bonchev–Trinajstić information content (AvgIpc) is 2.29. The van der Waals surface area contributed by atoms with E-state index in [1.54, 1.807) is 18.5 Å². The molecule has 1 N–H and O–H groups in total. The zero-order valence-electron chi connectivity index (χ0n) is 8.20. The zero-order chi connectivity index (χ0) is 11.1. The Morgan fingerprint density at radius 1 is 1.12 bits per heavy atom. The van der Waals surface area contributed by atoms with Crippen molar-refractivity contribution in [2.24, 2.45) is 0 Å². The molecule has 0 aliphatic heterocycles. The van der Waals surface area contributed by atoms with Gasteiger partial charge < -0.3 is 4.98 Å². The van der Waals surface area contributed by atoms with Gasteiger partial charge >= 0.3 is 0 Å². The molecule has 0 spiro atoms. The minimum atomic E-state index is -0.358. The zero-order valence-corrected chi connectivity index (χ0v) is 8.20. The van der Waals surface area contributed by atoms with Crippen molar-refractivity contribution in [2.75, 3.05) is 0 Å². The van der Waals surface area contributed by atoms with Crippen LogP contribution in [-0.2, 0) is 0 Å². The first-order chi connectivity index (χ1) is 7.75. The molecule has 2 heterocycles. The van der Waals surface area contributed by atoms with E-state index in [1.807, 2.05) is 0 Å². The monoisotopic (exact) mass is 214 g/mol. The van der Waals surface area contributed by atoms with Crippen molar-refractivity contribution in [2.45, 2.75) is 0 Å². The molecule has 1 aromatic carbocycles. The summed E-state index contributed by atoms with van der Waals surface area (Å²) in [6.07, 6.45) is 3.20. The van der Waals surface area contributed by atoms with Crippen LogP contribution in [0.15, 0.2) is 41.5 Å². The third-order valence-electron chi connectivity index (χ3n) is 2.59. The molecule has 0 unspecified atom stereocenters. The lowest BCUT2D eigenvalue weighted by Crippen LogP contribution is -2.06. The number of hydrogen-bond donors (Lipinski definition) is 1. The maximum Gasteiger partial charge on any atom is 0.256 e. The van der Waals surface area contributed by atoms with Crippen molar-refractivity contribution in [3.05, 3.63) is 52.8 Å². The van der Waals surface area contributed by atoms with E-state index in [1.165, 1.54) is 18.2 Å². The molecule has 0 atom stereocenters. The number of nitrogens with one attached hydrogen (secondary N) is 1. The van der Waals surface area contributed by atoms with Crippen molar-refractivity contribution < 1.29 is 4.39 Å². The Kier molecular flexibility index (Phi) is 1.77. The van der Waals surface area contributed by atoms with Crippen LogP contribution in [0.3, 0.4) is 0 Å².